The number of carbonyl (C=O) groups is 2. The van der Waals surface area contributed by atoms with Crippen molar-refractivity contribution in [3.63, 3.8) is 0 Å². The van der Waals surface area contributed by atoms with Gasteiger partial charge >= 0.3 is 0 Å². The summed E-state index contributed by atoms with van der Waals surface area (Å²) in [5, 5.41) is 6.16. The number of fused-ring (bicyclic) bond motifs is 3. The number of nitrogens with one attached hydrogen (secondary N) is 2. The highest BCUT2D eigenvalue weighted by molar-refractivity contribution is 6.05. The molecule has 7 rings (SSSR count). The smallest absolute Gasteiger partial charge is 0.255 e. The van der Waals surface area contributed by atoms with Crippen LogP contribution < -0.4 is 10.6 Å². The van der Waals surface area contributed by atoms with Crippen molar-refractivity contribution < 1.29 is 9.59 Å². The lowest BCUT2D eigenvalue weighted by molar-refractivity contribution is 0.101. The molecule has 0 aromatic heterocycles. The largest absolute Gasteiger partial charge is 0.322 e. The molecule has 2 amide bonds. The lowest BCUT2D eigenvalue weighted by atomic mass is 9.53. The number of hydrogen-bond donors (Lipinski definition) is 2. The van der Waals surface area contributed by atoms with Crippen LogP contribution in [0.4, 0.5) is 11.4 Å². The van der Waals surface area contributed by atoms with Crippen LogP contribution in [-0.4, -0.2) is 11.8 Å². The Morgan fingerprint density at radius 3 is 1.10 bits per heavy atom. The molecule has 0 saturated heterocycles. The number of anilines is 2. The fourth-order valence-corrected chi connectivity index (χ4v) is 7.46. The van der Waals surface area contributed by atoms with E-state index >= 15 is 0 Å². The van der Waals surface area contributed by atoms with Crippen LogP contribution in [0, 0.1) is 27.7 Å². The summed E-state index contributed by atoms with van der Waals surface area (Å²) in [6.45, 7) is 17.5. The van der Waals surface area contributed by atoms with Crippen LogP contribution in [0.5, 0.6) is 0 Å². The van der Waals surface area contributed by atoms with E-state index in [9.17, 15) is 9.59 Å². The van der Waals surface area contributed by atoms with Gasteiger partial charge in [-0.2, -0.15) is 0 Å². The van der Waals surface area contributed by atoms with Crippen LogP contribution in [0.1, 0.15) is 105 Å². The van der Waals surface area contributed by atoms with Crippen molar-refractivity contribution >= 4 is 23.2 Å². The van der Waals surface area contributed by atoms with Gasteiger partial charge in [0.25, 0.3) is 11.8 Å². The van der Waals surface area contributed by atoms with Gasteiger partial charge < -0.3 is 10.6 Å². The van der Waals surface area contributed by atoms with Gasteiger partial charge in [-0.25, -0.2) is 0 Å². The maximum Gasteiger partial charge on any atom is 0.255 e. The molecule has 2 aliphatic rings. The van der Waals surface area contributed by atoms with Gasteiger partial charge in [-0.1, -0.05) is 88.4 Å². The Hall–Kier alpha value is -4.96. The molecule has 48 heavy (non-hydrogen) atoms. The first kappa shape index (κ1) is 33.0. The Bertz CT molecular complexity index is 1840. The zero-order valence-corrected chi connectivity index (χ0v) is 29.4. The molecule has 2 aliphatic carbocycles. The predicted octanol–water partition coefficient (Wildman–Crippen LogP) is 10.6. The lowest BCUT2D eigenvalue weighted by Crippen LogP contribution is -2.41. The van der Waals surface area contributed by atoms with Gasteiger partial charge in [-0.15, -0.1) is 0 Å². The molecule has 5 aromatic carbocycles. The molecular formula is C44H46N2O2. The highest BCUT2D eigenvalue weighted by Gasteiger charge is 2.48. The molecule has 0 saturated carbocycles. The van der Waals surface area contributed by atoms with Gasteiger partial charge in [0.05, 0.1) is 0 Å². The number of benzene rings is 5. The molecule has 0 heterocycles. The summed E-state index contributed by atoms with van der Waals surface area (Å²) < 4.78 is 0. The molecule has 4 nitrogen and oxygen atoms in total. The van der Waals surface area contributed by atoms with Gasteiger partial charge in [-0.05, 0) is 132 Å². The maximum absolute atomic E-state index is 13.0. The Morgan fingerprint density at radius 2 is 0.792 bits per heavy atom. The average Bonchev–Trinajstić information content (AvgIpc) is 3.07. The van der Waals surface area contributed by atoms with Crippen LogP contribution in [0.3, 0.4) is 0 Å². The zero-order valence-electron chi connectivity index (χ0n) is 29.4. The summed E-state index contributed by atoms with van der Waals surface area (Å²) in [4.78, 5) is 26.0. The van der Waals surface area contributed by atoms with Gasteiger partial charge in [0.2, 0.25) is 0 Å². The van der Waals surface area contributed by atoms with Crippen molar-refractivity contribution in [1.29, 1.82) is 0 Å². The quantitative estimate of drug-likeness (QED) is 0.178. The molecule has 2 unspecified atom stereocenters. The zero-order chi connectivity index (χ0) is 34.4. The molecule has 2 bridgehead atoms. The number of carbonyl (C=O) groups excluding carboxylic acids is 2. The Balaban J connectivity index is 1.22. The third-order valence-electron chi connectivity index (χ3n) is 10.9. The second kappa shape index (κ2) is 12.6. The minimum atomic E-state index is -0.200. The fraction of sp³-hybridized carbons (Fsp3) is 0.273. The minimum Gasteiger partial charge on any atom is -0.322 e. The molecule has 244 valence electrons. The van der Waals surface area contributed by atoms with Crippen LogP contribution >= 0.6 is 0 Å². The lowest BCUT2D eigenvalue weighted by Gasteiger charge is -2.50. The Labute approximate surface area is 285 Å². The van der Waals surface area contributed by atoms with E-state index in [2.05, 4.69) is 101 Å². The fourth-order valence-electron chi connectivity index (χ4n) is 7.46. The molecular weight excluding hydrogens is 588 g/mol. The highest BCUT2D eigenvalue weighted by atomic mass is 16.2. The summed E-state index contributed by atoms with van der Waals surface area (Å²) in [5.41, 5.74) is 12.2. The topological polar surface area (TPSA) is 58.2 Å². The van der Waals surface area contributed by atoms with E-state index in [1.165, 1.54) is 33.4 Å². The SMILES string of the molecule is Cc1ccc(C(=O)Nc2ccc(C(C)(C)C3c4ccc(cc4)C3C(C)(C)c3ccc(NC(=O)c4ccc(C)c(C)c4)cc3)cc2)cc1C. The van der Waals surface area contributed by atoms with Crippen molar-refractivity contribution in [1.82, 2.24) is 0 Å². The van der Waals surface area contributed by atoms with Gasteiger partial charge in [0.1, 0.15) is 0 Å². The number of amides is 2. The molecule has 5 aromatic rings. The van der Waals surface area contributed by atoms with Gasteiger partial charge in [0, 0.05) is 34.3 Å². The van der Waals surface area contributed by atoms with Crippen molar-refractivity contribution in [3.05, 3.63) is 165 Å². The van der Waals surface area contributed by atoms with E-state index in [4.69, 9.17) is 0 Å². The van der Waals surface area contributed by atoms with Crippen molar-refractivity contribution in [2.45, 2.75) is 78.1 Å². The van der Waals surface area contributed by atoms with E-state index < -0.39 is 0 Å². The van der Waals surface area contributed by atoms with Crippen LogP contribution in [-0.2, 0) is 10.8 Å². The monoisotopic (exact) mass is 634 g/mol. The third-order valence-corrected chi connectivity index (χ3v) is 10.9. The maximum atomic E-state index is 13.0. The van der Waals surface area contributed by atoms with Crippen molar-refractivity contribution in [3.8, 4) is 0 Å². The van der Waals surface area contributed by atoms with Crippen LogP contribution in [0.25, 0.3) is 0 Å². The van der Waals surface area contributed by atoms with E-state index in [0.717, 1.165) is 22.5 Å². The van der Waals surface area contributed by atoms with Crippen molar-refractivity contribution in [2.24, 2.45) is 0 Å². The van der Waals surface area contributed by atoms with E-state index in [-0.39, 0.29) is 34.5 Å². The number of rotatable bonds is 8. The van der Waals surface area contributed by atoms with Crippen molar-refractivity contribution in [2.75, 3.05) is 10.6 Å². The van der Waals surface area contributed by atoms with Gasteiger partial charge in [-0.3, -0.25) is 9.59 Å². The predicted molar refractivity (Wildman–Crippen MR) is 199 cm³/mol. The second-order valence-electron chi connectivity index (χ2n) is 14.7. The Kier molecular flexibility index (Phi) is 8.63. The summed E-state index contributed by atoms with van der Waals surface area (Å²) in [5.74, 6) is 0.263. The summed E-state index contributed by atoms with van der Waals surface area (Å²) >= 11 is 0. The standard InChI is InChI=1S/C44H46N2O2/c1-27-9-11-33(25-29(27)3)41(47)45-37-21-17-35(18-22-37)43(5,6)39-31-13-15-32(16-14-31)40(39)44(7,8)36-19-23-38(24-20-36)46-42(48)34-12-10-28(2)30(4)26-34/h9-26,39-40H,1-8H3,(H,45,47)(H,46,48). The van der Waals surface area contributed by atoms with E-state index in [1.807, 2.05) is 74.5 Å². The summed E-state index contributed by atoms with van der Waals surface area (Å²) in [6, 6.07) is 37.4. The first-order valence-electron chi connectivity index (χ1n) is 16.8. The highest BCUT2D eigenvalue weighted by Crippen LogP contribution is 2.57. The molecule has 0 spiro atoms. The normalized spacial score (nSPS) is 15.7. The minimum absolute atomic E-state index is 0.102. The molecule has 2 atom stereocenters. The molecule has 4 heteroatoms. The van der Waals surface area contributed by atoms with E-state index in [0.29, 0.717) is 11.1 Å². The second-order valence-corrected chi connectivity index (χ2v) is 14.7. The molecule has 2 N–H and O–H groups in total. The first-order valence-corrected chi connectivity index (χ1v) is 16.8. The van der Waals surface area contributed by atoms with E-state index in [1.54, 1.807) is 0 Å². The molecule has 0 radical (unpaired) electrons. The number of hydrogen-bond acceptors (Lipinski definition) is 2. The molecule has 0 aliphatic heterocycles. The van der Waals surface area contributed by atoms with Gasteiger partial charge in [0.15, 0.2) is 0 Å². The number of aryl methyl sites for hydroxylation is 4. The Morgan fingerprint density at radius 1 is 0.458 bits per heavy atom. The summed E-state index contributed by atoms with van der Waals surface area (Å²) in [6.07, 6.45) is 0. The first-order chi connectivity index (χ1) is 22.8. The summed E-state index contributed by atoms with van der Waals surface area (Å²) in [7, 11) is 0. The average molecular weight is 635 g/mol. The molecule has 0 fully saturated rings. The van der Waals surface area contributed by atoms with Crippen LogP contribution in [0.15, 0.2) is 109 Å². The van der Waals surface area contributed by atoms with Crippen LogP contribution in [0.2, 0.25) is 0 Å². The third kappa shape index (κ3) is 6.20.